The number of nitrogens with zero attached hydrogens (tertiary/aromatic N) is 5. The number of halogens is 3. The third-order valence-electron chi connectivity index (χ3n) is 7.78. The van der Waals surface area contributed by atoms with Crippen molar-refractivity contribution in [3.05, 3.63) is 42.0 Å². The van der Waals surface area contributed by atoms with Crippen LogP contribution in [0.15, 0.2) is 35.5 Å². The van der Waals surface area contributed by atoms with E-state index in [2.05, 4.69) is 14.8 Å². The van der Waals surface area contributed by atoms with E-state index in [1.807, 2.05) is 15.9 Å². The van der Waals surface area contributed by atoms with Gasteiger partial charge in [0.15, 0.2) is 5.82 Å². The monoisotopic (exact) mass is 524 g/mol. The third kappa shape index (κ3) is 4.36. The molecule has 0 radical (unpaired) electrons. The Balaban J connectivity index is 0.923. The van der Waals surface area contributed by atoms with Crippen LogP contribution in [0.5, 0.6) is 0 Å². The summed E-state index contributed by atoms with van der Waals surface area (Å²) in [6.07, 6.45) is 1.66. The van der Waals surface area contributed by atoms with Crippen LogP contribution in [-0.4, -0.2) is 71.7 Å². The van der Waals surface area contributed by atoms with E-state index >= 15 is 0 Å². The molecule has 36 heavy (non-hydrogen) atoms. The number of likely N-dealkylation sites (tertiary alicyclic amines) is 2. The van der Waals surface area contributed by atoms with Gasteiger partial charge in [0.05, 0.1) is 16.5 Å². The lowest BCUT2D eigenvalue weighted by atomic mass is 9.61. The number of rotatable bonds is 6. The van der Waals surface area contributed by atoms with Gasteiger partial charge in [-0.05, 0) is 49.9 Å². The van der Waals surface area contributed by atoms with Crippen molar-refractivity contribution in [2.24, 2.45) is 11.3 Å². The molecule has 1 N–H and O–H groups in total. The number of amides is 2. The topological polar surface area (TPSA) is 100 Å². The Bertz CT molecular complexity index is 1250. The van der Waals surface area contributed by atoms with Gasteiger partial charge in [-0.2, -0.15) is 18.3 Å². The van der Waals surface area contributed by atoms with Crippen LogP contribution in [0.1, 0.15) is 49.0 Å². The van der Waals surface area contributed by atoms with E-state index in [1.165, 1.54) is 12.8 Å². The number of aromatic nitrogens is 3. The molecule has 2 aliphatic carbocycles. The molecule has 2 aliphatic heterocycles. The molecule has 4 aliphatic rings. The maximum atomic E-state index is 12.7. The minimum absolute atomic E-state index is 0.0253. The zero-order valence-electron chi connectivity index (χ0n) is 19.5. The van der Waals surface area contributed by atoms with Gasteiger partial charge in [0.2, 0.25) is 10.0 Å². The molecular weight excluding hydrogens is 497 g/mol. The van der Waals surface area contributed by atoms with Crippen molar-refractivity contribution in [3.63, 3.8) is 0 Å². The summed E-state index contributed by atoms with van der Waals surface area (Å²) in [5, 5.41) is 4.62. The van der Waals surface area contributed by atoms with E-state index in [-0.39, 0.29) is 28.8 Å². The van der Waals surface area contributed by atoms with Crippen molar-refractivity contribution in [2.45, 2.75) is 48.7 Å². The molecule has 1 aromatic carbocycles. The molecule has 0 atom stereocenters. The van der Waals surface area contributed by atoms with Crippen LogP contribution < -0.4 is 4.72 Å². The predicted molar refractivity (Wildman–Crippen MR) is 121 cm³/mol. The number of hydrogen-bond donors (Lipinski definition) is 1. The predicted octanol–water partition coefficient (Wildman–Crippen LogP) is 2.84. The number of hydrogen-bond acceptors (Lipinski definition) is 5. The molecule has 13 heteroatoms. The van der Waals surface area contributed by atoms with Crippen molar-refractivity contribution in [1.29, 1.82) is 0 Å². The van der Waals surface area contributed by atoms with Crippen LogP contribution in [0.25, 0.3) is 0 Å². The van der Waals surface area contributed by atoms with E-state index in [9.17, 15) is 26.4 Å². The molecular formula is C23H27F3N6O3S. The lowest BCUT2D eigenvalue weighted by molar-refractivity contribution is -0.137. The van der Waals surface area contributed by atoms with Gasteiger partial charge in [0.1, 0.15) is 6.33 Å². The van der Waals surface area contributed by atoms with Crippen molar-refractivity contribution in [3.8, 4) is 0 Å². The van der Waals surface area contributed by atoms with E-state index in [1.54, 1.807) is 4.90 Å². The second kappa shape index (κ2) is 8.17. The minimum atomic E-state index is -4.52. The fraction of sp³-hybridized carbons (Fsp3) is 0.609. The SMILES string of the molecule is O=C(N1CC(CNS(=O)(=O)c2ccc(C(F)(F)F)cc2)C1)N1CC2(CC(n3cnc(C4CC4)n3)C2)C1. The highest BCUT2D eigenvalue weighted by Crippen LogP contribution is 2.54. The minimum Gasteiger partial charge on any atom is -0.324 e. The quantitative estimate of drug-likeness (QED) is 0.627. The molecule has 2 aromatic rings. The summed E-state index contributed by atoms with van der Waals surface area (Å²) in [4.78, 5) is 20.5. The summed E-state index contributed by atoms with van der Waals surface area (Å²) < 4.78 is 67.3. The highest BCUT2D eigenvalue weighted by Gasteiger charge is 2.55. The average molecular weight is 525 g/mol. The maximum Gasteiger partial charge on any atom is 0.416 e. The molecule has 4 fully saturated rings. The molecule has 1 spiro atoms. The van der Waals surface area contributed by atoms with Gasteiger partial charge >= 0.3 is 12.2 Å². The van der Waals surface area contributed by atoms with Gasteiger partial charge in [-0.25, -0.2) is 27.6 Å². The Kier molecular flexibility index (Phi) is 5.38. The Morgan fingerprint density at radius 3 is 2.36 bits per heavy atom. The molecule has 6 rings (SSSR count). The fourth-order valence-electron chi connectivity index (χ4n) is 5.47. The van der Waals surface area contributed by atoms with Crippen LogP contribution in [0.4, 0.5) is 18.0 Å². The van der Waals surface area contributed by atoms with Crippen LogP contribution in [0.2, 0.25) is 0 Å². The molecule has 1 aromatic heterocycles. The number of nitrogens with one attached hydrogen (secondary N) is 1. The van der Waals surface area contributed by atoms with Gasteiger partial charge in [-0.15, -0.1) is 0 Å². The zero-order valence-corrected chi connectivity index (χ0v) is 20.3. The number of urea groups is 1. The summed E-state index contributed by atoms with van der Waals surface area (Å²) in [5.74, 6) is 1.46. The van der Waals surface area contributed by atoms with E-state index in [0.717, 1.165) is 56.0 Å². The molecule has 2 amide bonds. The number of benzene rings is 1. The van der Waals surface area contributed by atoms with Crippen molar-refractivity contribution >= 4 is 16.1 Å². The Labute approximate surface area is 206 Å². The Hall–Kier alpha value is -2.67. The highest BCUT2D eigenvalue weighted by atomic mass is 32.2. The number of carbonyl (C=O) groups excluding carboxylic acids is 1. The van der Waals surface area contributed by atoms with Gasteiger partial charge in [0.25, 0.3) is 0 Å². The molecule has 194 valence electrons. The Morgan fingerprint density at radius 1 is 1.08 bits per heavy atom. The average Bonchev–Trinajstić information content (AvgIpc) is 3.48. The first kappa shape index (κ1) is 23.7. The van der Waals surface area contributed by atoms with Crippen LogP contribution >= 0.6 is 0 Å². The zero-order chi connectivity index (χ0) is 25.3. The van der Waals surface area contributed by atoms with Gasteiger partial charge in [-0.1, -0.05) is 0 Å². The normalized spacial score (nSPS) is 22.3. The summed E-state index contributed by atoms with van der Waals surface area (Å²) in [6.45, 7) is 2.48. The standard InChI is InChI=1S/C23H27F3N6O3S/c24-23(25,26)17-3-5-19(6-4-17)36(34,35)28-9-15-10-30(11-15)21(33)31-12-22(13-31)7-18(8-22)32-14-27-20(29-32)16-1-2-16/h3-6,14-16,18,28H,1-2,7-13H2. The van der Waals surface area contributed by atoms with E-state index in [4.69, 9.17) is 0 Å². The molecule has 2 saturated heterocycles. The van der Waals surface area contributed by atoms with Gasteiger partial charge in [0, 0.05) is 50.0 Å². The van der Waals surface area contributed by atoms with E-state index in [0.29, 0.717) is 25.0 Å². The van der Waals surface area contributed by atoms with Crippen LogP contribution in [0, 0.1) is 11.3 Å². The highest BCUT2D eigenvalue weighted by molar-refractivity contribution is 7.89. The van der Waals surface area contributed by atoms with Crippen molar-refractivity contribution < 1.29 is 26.4 Å². The first-order valence-corrected chi connectivity index (χ1v) is 13.6. The summed E-state index contributed by atoms with van der Waals surface area (Å²) >= 11 is 0. The smallest absolute Gasteiger partial charge is 0.324 e. The summed E-state index contributed by atoms with van der Waals surface area (Å²) in [5.41, 5.74) is -0.728. The molecule has 0 unspecified atom stereocenters. The summed E-state index contributed by atoms with van der Waals surface area (Å²) in [7, 11) is -3.92. The lowest BCUT2D eigenvalue weighted by Gasteiger charge is -2.60. The van der Waals surface area contributed by atoms with Crippen LogP contribution in [0.3, 0.4) is 0 Å². The number of alkyl halides is 3. The van der Waals surface area contributed by atoms with Gasteiger partial charge in [-0.3, -0.25) is 0 Å². The lowest BCUT2D eigenvalue weighted by Crippen LogP contribution is -2.68. The Morgan fingerprint density at radius 2 is 1.75 bits per heavy atom. The first-order valence-electron chi connectivity index (χ1n) is 12.1. The second-order valence-corrected chi connectivity index (χ2v) is 12.5. The van der Waals surface area contributed by atoms with E-state index < -0.39 is 21.8 Å². The maximum absolute atomic E-state index is 12.7. The first-order chi connectivity index (χ1) is 17.0. The summed E-state index contributed by atoms with van der Waals surface area (Å²) in [6, 6.07) is 3.72. The third-order valence-corrected chi connectivity index (χ3v) is 9.22. The number of carbonyl (C=O) groups is 1. The van der Waals surface area contributed by atoms with Crippen molar-refractivity contribution in [2.75, 3.05) is 32.7 Å². The van der Waals surface area contributed by atoms with Crippen LogP contribution in [-0.2, 0) is 16.2 Å². The number of sulfonamides is 1. The molecule has 9 nitrogen and oxygen atoms in total. The largest absolute Gasteiger partial charge is 0.416 e. The van der Waals surface area contributed by atoms with Gasteiger partial charge < -0.3 is 9.80 Å². The molecule has 2 saturated carbocycles. The fourth-order valence-corrected chi connectivity index (χ4v) is 6.58. The second-order valence-electron chi connectivity index (χ2n) is 10.7. The molecule has 0 bridgehead atoms. The van der Waals surface area contributed by atoms with Crippen molar-refractivity contribution in [1.82, 2.24) is 29.3 Å². The molecule has 3 heterocycles.